The average Bonchev–Trinajstić information content (AvgIpc) is 2.91. The predicted molar refractivity (Wildman–Crippen MR) is 100.0 cm³/mol. The van der Waals surface area contributed by atoms with Crippen molar-refractivity contribution in [2.45, 2.75) is 13.0 Å². The van der Waals surface area contributed by atoms with Crippen LogP contribution in [0.25, 0.3) is 11.0 Å². The van der Waals surface area contributed by atoms with Gasteiger partial charge >= 0.3 is 5.69 Å². The summed E-state index contributed by atoms with van der Waals surface area (Å²) in [6.07, 6.45) is 0.161. The second-order valence-corrected chi connectivity index (χ2v) is 5.85. The number of rotatable bonds is 6. The van der Waals surface area contributed by atoms with Crippen molar-refractivity contribution in [2.24, 2.45) is 7.05 Å². The van der Waals surface area contributed by atoms with E-state index < -0.39 is 0 Å². The largest absolute Gasteiger partial charge is 0.497 e. The summed E-state index contributed by atoms with van der Waals surface area (Å²) >= 11 is 0. The average molecular weight is 355 g/mol. The molecule has 7 nitrogen and oxygen atoms in total. The Labute approximate surface area is 150 Å². The van der Waals surface area contributed by atoms with Crippen molar-refractivity contribution in [3.63, 3.8) is 0 Å². The number of aryl methyl sites for hydroxylation is 2. The first-order chi connectivity index (χ1) is 12.5. The number of ether oxygens (including phenoxy) is 2. The number of amides is 1. The highest BCUT2D eigenvalue weighted by Crippen LogP contribution is 2.29. The number of hydrogen-bond donors (Lipinski definition) is 1. The third-order valence-electron chi connectivity index (χ3n) is 4.29. The number of hydrogen-bond acceptors (Lipinski definition) is 4. The zero-order valence-electron chi connectivity index (χ0n) is 15.0. The fourth-order valence-electron chi connectivity index (χ4n) is 2.92. The summed E-state index contributed by atoms with van der Waals surface area (Å²) in [5.74, 6) is 0.948. The van der Waals surface area contributed by atoms with Crippen molar-refractivity contribution >= 4 is 22.6 Å². The minimum atomic E-state index is -0.212. The van der Waals surface area contributed by atoms with Crippen molar-refractivity contribution in [1.82, 2.24) is 9.13 Å². The first-order valence-electron chi connectivity index (χ1n) is 8.21. The number of benzene rings is 2. The molecule has 0 spiro atoms. The van der Waals surface area contributed by atoms with Crippen LogP contribution in [0.3, 0.4) is 0 Å². The van der Waals surface area contributed by atoms with E-state index in [1.165, 1.54) is 7.11 Å². The van der Waals surface area contributed by atoms with Crippen molar-refractivity contribution < 1.29 is 14.3 Å². The number of carbonyl (C=O) groups is 1. The van der Waals surface area contributed by atoms with Crippen LogP contribution < -0.4 is 20.5 Å². The third-order valence-corrected chi connectivity index (χ3v) is 4.29. The summed E-state index contributed by atoms with van der Waals surface area (Å²) in [6.45, 7) is 0.290. The van der Waals surface area contributed by atoms with Crippen molar-refractivity contribution in [1.29, 1.82) is 0 Å². The van der Waals surface area contributed by atoms with Gasteiger partial charge in [0, 0.05) is 26.1 Å². The van der Waals surface area contributed by atoms with E-state index in [0.717, 1.165) is 11.0 Å². The lowest BCUT2D eigenvalue weighted by atomic mass is 10.2. The fourth-order valence-corrected chi connectivity index (χ4v) is 2.92. The quantitative estimate of drug-likeness (QED) is 0.737. The highest BCUT2D eigenvalue weighted by Gasteiger charge is 2.13. The van der Waals surface area contributed by atoms with Gasteiger partial charge in [-0.3, -0.25) is 13.9 Å². The molecule has 3 rings (SSSR count). The molecule has 0 aliphatic carbocycles. The van der Waals surface area contributed by atoms with Gasteiger partial charge in [0.25, 0.3) is 0 Å². The molecule has 1 N–H and O–H groups in total. The number of anilines is 1. The summed E-state index contributed by atoms with van der Waals surface area (Å²) in [5.41, 5.74) is 2.04. The van der Waals surface area contributed by atoms with Crippen LogP contribution in [0.1, 0.15) is 6.42 Å². The normalized spacial score (nSPS) is 10.7. The van der Waals surface area contributed by atoms with E-state index in [1.807, 2.05) is 24.3 Å². The molecule has 0 atom stereocenters. The van der Waals surface area contributed by atoms with Crippen LogP contribution in [0.15, 0.2) is 47.3 Å². The smallest absolute Gasteiger partial charge is 0.328 e. The minimum absolute atomic E-state index is 0.141. The number of aromatic nitrogens is 2. The van der Waals surface area contributed by atoms with E-state index in [4.69, 9.17) is 9.47 Å². The van der Waals surface area contributed by atoms with E-state index in [-0.39, 0.29) is 24.6 Å². The van der Waals surface area contributed by atoms with E-state index in [9.17, 15) is 9.59 Å². The van der Waals surface area contributed by atoms with Crippen LogP contribution in [-0.2, 0) is 18.4 Å². The summed E-state index contributed by atoms with van der Waals surface area (Å²) in [7, 11) is 4.82. The summed E-state index contributed by atoms with van der Waals surface area (Å²) in [4.78, 5) is 24.8. The van der Waals surface area contributed by atoms with E-state index in [0.29, 0.717) is 17.2 Å². The second kappa shape index (κ2) is 7.35. The van der Waals surface area contributed by atoms with Crippen molar-refractivity contribution in [2.75, 3.05) is 19.5 Å². The number of para-hydroxylation sites is 2. The number of imidazole rings is 1. The van der Waals surface area contributed by atoms with Gasteiger partial charge in [-0.2, -0.15) is 0 Å². The van der Waals surface area contributed by atoms with Gasteiger partial charge in [0.2, 0.25) is 5.91 Å². The molecule has 0 saturated heterocycles. The third kappa shape index (κ3) is 3.28. The Balaban J connectivity index is 1.77. The molecule has 1 aromatic heterocycles. The molecule has 2 aromatic carbocycles. The van der Waals surface area contributed by atoms with Gasteiger partial charge in [0.1, 0.15) is 11.5 Å². The monoisotopic (exact) mass is 355 g/mol. The Morgan fingerprint density at radius 3 is 2.50 bits per heavy atom. The molecule has 1 amide bonds. The number of carbonyl (C=O) groups excluding carboxylic acids is 1. The first kappa shape index (κ1) is 17.6. The van der Waals surface area contributed by atoms with Crippen LogP contribution in [0.2, 0.25) is 0 Å². The first-order valence-corrected chi connectivity index (χ1v) is 8.21. The summed E-state index contributed by atoms with van der Waals surface area (Å²) in [6, 6.07) is 12.7. The number of methoxy groups -OCH3 is 2. The van der Waals surface area contributed by atoms with E-state index in [2.05, 4.69) is 5.32 Å². The predicted octanol–water partition coefficient (Wildman–Crippen LogP) is 2.39. The van der Waals surface area contributed by atoms with Gasteiger partial charge < -0.3 is 14.8 Å². The molecule has 0 aliphatic rings. The molecule has 136 valence electrons. The number of fused-ring (bicyclic) bond motifs is 1. The number of nitrogens with one attached hydrogen (secondary N) is 1. The van der Waals surface area contributed by atoms with Crippen molar-refractivity contribution in [3.05, 3.63) is 52.9 Å². The second-order valence-electron chi connectivity index (χ2n) is 5.85. The molecule has 0 aliphatic heterocycles. The van der Waals surface area contributed by atoms with Gasteiger partial charge in [-0.25, -0.2) is 4.79 Å². The Morgan fingerprint density at radius 2 is 1.81 bits per heavy atom. The van der Waals surface area contributed by atoms with Gasteiger partial charge in [0.05, 0.1) is 30.9 Å². The van der Waals surface area contributed by atoms with E-state index >= 15 is 0 Å². The van der Waals surface area contributed by atoms with Gasteiger partial charge in [0.15, 0.2) is 0 Å². The van der Waals surface area contributed by atoms with Crippen LogP contribution in [0.4, 0.5) is 5.69 Å². The summed E-state index contributed by atoms with van der Waals surface area (Å²) < 4.78 is 13.6. The molecule has 1 heterocycles. The van der Waals surface area contributed by atoms with Crippen LogP contribution in [0, 0.1) is 0 Å². The molecular weight excluding hydrogens is 334 g/mol. The fraction of sp³-hybridized carbons (Fsp3) is 0.263. The zero-order valence-corrected chi connectivity index (χ0v) is 15.0. The molecule has 0 fully saturated rings. The lowest BCUT2D eigenvalue weighted by Gasteiger charge is -2.12. The van der Waals surface area contributed by atoms with Gasteiger partial charge in [-0.05, 0) is 24.3 Å². The molecule has 0 saturated carbocycles. The lowest BCUT2D eigenvalue weighted by molar-refractivity contribution is -0.116. The Kier molecular flexibility index (Phi) is 4.97. The van der Waals surface area contributed by atoms with Gasteiger partial charge in [-0.1, -0.05) is 12.1 Å². The summed E-state index contributed by atoms with van der Waals surface area (Å²) in [5, 5.41) is 2.81. The zero-order chi connectivity index (χ0) is 18.7. The minimum Gasteiger partial charge on any atom is -0.497 e. The molecule has 0 bridgehead atoms. The van der Waals surface area contributed by atoms with Crippen molar-refractivity contribution in [3.8, 4) is 11.5 Å². The van der Waals surface area contributed by atoms with Crippen LogP contribution >= 0.6 is 0 Å². The highest BCUT2D eigenvalue weighted by atomic mass is 16.5. The molecular formula is C19H21N3O4. The van der Waals surface area contributed by atoms with Crippen LogP contribution in [-0.4, -0.2) is 29.3 Å². The van der Waals surface area contributed by atoms with Crippen LogP contribution in [0.5, 0.6) is 11.5 Å². The maximum absolute atomic E-state index is 12.4. The van der Waals surface area contributed by atoms with E-state index in [1.54, 1.807) is 41.5 Å². The Morgan fingerprint density at radius 1 is 1.08 bits per heavy atom. The molecule has 26 heavy (non-hydrogen) atoms. The SMILES string of the molecule is COc1ccc(OC)c(NC(=O)CCn2c(=O)n(C)c3ccccc32)c1. The maximum atomic E-state index is 12.4. The maximum Gasteiger partial charge on any atom is 0.328 e. The number of nitrogens with zero attached hydrogens (tertiary/aromatic N) is 2. The molecule has 7 heteroatoms. The molecule has 0 radical (unpaired) electrons. The standard InChI is InChI=1S/C19H21N3O4/c1-21-15-6-4-5-7-16(15)22(19(21)24)11-10-18(23)20-14-12-13(25-2)8-9-17(14)26-3/h4-9,12H,10-11H2,1-3H3,(H,20,23). The lowest BCUT2D eigenvalue weighted by Crippen LogP contribution is -2.24. The molecule has 0 unspecified atom stereocenters. The Bertz CT molecular complexity index is 1000. The Hall–Kier alpha value is -3.22. The highest BCUT2D eigenvalue weighted by molar-refractivity contribution is 5.92. The topological polar surface area (TPSA) is 74.5 Å². The molecule has 3 aromatic rings. The van der Waals surface area contributed by atoms with Gasteiger partial charge in [-0.15, -0.1) is 0 Å².